The highest BCUT2D eigenvalue weighted by Gasteiger charge is 2.05. The molecule has 1 nitrogen and oxygen atoms in total. The zero-order valence-electron chi connectivity index (χ0n) is 8.75. The third-order valence-electron chi connectivity index (χ3n) is 2.15. The first kappa shape index (κ1) is 12.9. The van der Waals surface area contributed by atoms with Gasteiger partial charge in [-0.1, -0.05) is 6.07 Å². The second kappa shape index (κ2) is 5.85. The van der Waals surface area contributed by atoms with Crippen LogP contribution in [0, 0.1) is 5.82 Å². The number of benzene rings is 1. The Hall–Kier alpha value is -0.580. The monoisotopic (exact) mass is 334 g/mol. The molecule has 0 saturated heterocycles. The summed E-state index contributed by atoms with van der Waals surface area (Å²) in [7, 11) is 0. The quantitative estimate of drug-likeness (QED) is 0.717. The molecule has 1 aromatic carbocycles. The third kappa shape index (κ3) is 3.44. The highest BCUT2D eigenvalue weighted by Crippen LogP contribution is 2.25. The lowest BCUT2D eigenvalue weighted by Crippen LogP contribution is -1.96. The van der Waals surface area contributed by atoms with Crippen LogP contribution in [-0.2, 0) is 12.5 Å². The lowest BCUT2D eigenvalue weighted by molar-refractivity contribution is 0.293. The van der Waals surface area contributed by atoms with Crippen molar-refractivity contribution in [1.82, 2.24) is 0 Å². The Balaban J connectivity index is 2.04. The molecule has 0 N–H and O–H groups in total. The summed E-state index contributed by atoms with van der Waals surface area (Å²) in [5, 5.41) is 0. The standard InChI is InChI=1S/C12H9BrClFOS/c13-12-4-2-9(17-12)7-16-11-3-1-8(6-14)5-10(11)15/h1-5H,6-7H2. The Morgan fingerprint density at radius 1 is 1.29 bits per heavy atom. The summed E-state index contributed by atoms with van der Waals surface area (Å²) in [6.45, 7) is 0.368. The van der Waals surface area contributed by atoms with Gasteiger partial charge < -0.3 is 4.74 Å². The van der Waals surface area contributed by atoms with E-state index in [2.05, 4.69) is 15.9 Å². The van der Waals surface area contributed by atoms with Crippen molar-refractivity contribution in [3.8, 4) is 5.75 Å². The molecule has 0 aliphatic heterocycles. The smallest absolute Gasteiger partial charge is 0.165 e. The predicted octanol–water partition coefficient (Wildman–Crippen LogP) is 4.97. The van der Waals surface area contributed by atoms with Crippen LogP contribution in [0.5, 0.6) is 5.75 Å². The van der Waals surface area contributed by atoms with Gasteiger partial charge in [0.15, 0.2) is 11.6 Å². The first-order chi connectivity index (χ1) is 8.19. The van der Waals surface area contributed by atoms with Crippen molar-refractivity contribution < 1.29 is 9.13 Å². The van der Waals surface area contributed by atoms with Crippen LogP contribution in [0.15, 0.2) is 34.1 Å². The van der Waals surface area contributed by atoms with Crippen LogP contribution < -0.4 is 4.74 Å². The number of thiophene rings is 1. The average molecular weight is 336 g/mol. The van der Waals surface area contributed by atoms with Gasteiger partial charge in [0.2, 0.25) is 0 Å². The predicted molar refractivity (Wildman–Crippen MR) is 72.3 cm³/mol. The molecule has 0 unspecified atom stereocenters. The van der Waals surface area contributed by atoms with Crippen molar-refractivity contribution in [3.63, 3.8) is 0 Å². The minimum atomic E-state index is -0.376. The summed E-state index contributed by atoms with van der Waals surface area (Å²) in [5.74, 6) is 0.178. The molecule has 0 amide bonds. The number of alkyl halides is 1. The molecule has 1 heterocycles. The fraction of sp³-hybridized carbons (Fsp3) is 0.167. The minimum absolute atomic E-state index is 0.253. The van der Waals surface area contributed by atoms with E-state index in [1.807, 2.05) is 12.1 Å². The first-order valence-electron chi connectivity index (χ1n) is 4.90. The molecule has 0 spiro atoms. The van der Waals surface area contributed by atoms with E-state index in [-0.39, 0.29) is 11.6 Å². The Morgan fingerprint density at radius 3 is 2.71 bits per heavy atom. The molecule has 0 radical (unpaired) electrons. The minimum Gasteiger partial charge on any atom is -0.485 e. The Kier molecular flexibility index (Phi) is 4.42. The van der Waals surface area contributed by atoms with Gasteiger partial charge in [0.05, 0.1) is 3.79 Å². The van der Waals surface area contributed by atoms with Gasteiger partial charge in [0, 0.05) is 10.8 Å². The summed E-state index contributed by atoms with van der Waals surface area (Å²) in [6, 6.07) is 8.65. The lowest BCUT2D eigenvalue weighted by Gasteiger charge is -2.06. The molecule has 5 heteroatoms. The SMILES string of the molecule is Fc1cc(CCl)ccc1OCc1ccc(Br)s1. The second-order valence-electron chi connectivity index (χ2n) is 3.39. The molecule has 0 aliphatic rings. The first-order valence-corrected chi connectivity index (χ1v) is 7.05. The van der Waals surface area contributed by atoms with Gasteiger partial charge in [0.25, 0.3) is 0 Å². The van der Waals surface area contributed by atoms with Crippen molar-refractivity contribution in [2.24, 2.45) is 0 Å². The van der Waals surface area contributed by atoms with Gasteiger partial charge in [-0.15, -0.1) is 22.9 Å². The van der Waals surface area contributed by atoms with Crippen LogP contribution in [0.2, 0.25) is 0 Å². The highest BCUT2D eigenvalue weighted by molar-refractivity contribution is 9.11. The molecule has 0 fully saturated rings. The van der Waals surface area contributed by atoms with Crippen LogP contribution in [0.3, 0.4) is 0 Å². The van der Waals surface area contributed by atoms with Gasteiger partial charge in [-0.05, 0) is 45.8 Å². The van der Waals surface area contributed by atoms with E-state index in [4.69, 9.17) is 16.3 Å². The molecular formula is C12H9BrClFOS. The Labute approximate surface area is 116 Å². The van der Waals surface area contributed by atoms with Crippen LogP contribution in [-0.4, -0.2) is 0 Å². The molecule has 0 atom stereocenters. The molecule has 0 saturated carbocycles. The van der Waals surface area contributed by atoms with Gasteiger partial charge in [-0.25, -0.2) is 4.39 Å². The molecule has 0 bridgehead atoms. The van der Waals surface area contributed by atoms with Crippen LogP contribution in [0.1, 0.15) is 10.4 Å². The van der Waals surface area contributed by atoms with Crippen LogP contribution in [0.25, 0.3) is 0 Å². The maximum Gasteiger partial charge on any atom is 0.165 e. The Bertz CT molecular complexity index is 515. The van der Waals surface area contributed by atoms with Crippen molar-refractivity contribution >= 4 is 38.9 Å². The molecule has 0 aliphatic carbocycles. The third-order valence-corrected chi connectivity index (χ3v) is 4.06. The van der Waals surface area contributed by atoms with E-state index in [1.165, 1.54) is 6.07 Å². The zero-order valence-corrected chi connectivity index (χ0v) is 11.9. The zero-order chi connectivity index (χ0) is 12.3. The Morgan fingerprint density at radius 2 is 2.12 bits per heavy atom. The molecular weight excluding hydrogens is 327 g/mol. The van der Waals surface area contributed by atoms with E-state index >= 15 is 0 Å². The van der Waals surface area contributed by atoms with Crippen molar-refractivity contribution in [3.05, 3.63) is 50.4 Å². The van der Waals surface area contributed by atoms with Crippen molar-refractivity contribution in [2.75, 3.05) is 0 Å². The van der Waals surface area contributed by atoms with E-state index in [0.717, 1.165) is 14.2 Å². The summed E-state index contributed by atoms with van der Waals surface area (Å²) < 4.78 is 20.0. The number of ether oxygens (including phenoxy) is 1. The van der Waals surface area contributed by atoms with E-state index in [0.29, 0.717) is 12.5 Å². The summed E-state index contributed by atoms with van der Waals surface area (Å²) in [6.07, 6.45) is 0. The number of rotatable bonds is 4. The summed E-state index contributed by atoms with van der Waals surface area (Å²) >= 11 is 10.6. The van der Waals surface area contributed by atoms with Gasteiger partial charge in [0.1, 0.15) is 6.61 Å². The van der Waals surface area contributed by atoms with Crippen molar-refractivity contribution in [1.29, 1.82) is 0 Å². The fourth-order valence-electron chi connectivity index (χ4n) is 1.32. The average Bonchev–Trinajstić information content (AvgIpc) is 2.73. The maximum atomic E-state index is 13.6. The van der Waals surface area contributed by atoms with E-state index in [1.54, 1.807) is 23.5 Å². The number of hydrogen-bond donors (Lipinski definition) is 0. The topological polar surface area (TPSA) is 9.23 Å². The summed E-state index contributed by atoms with van der Waals surface area (Å²) in [4.78, 5) is 1.04. The molecule has 1 aromatic heterocycles. The molecule has 2 aromatic rings. The van der Waals surface area contributed by atoms with E-state index < -0.39 is 0 Å². The fourth-order valence-corrected chi connectivity index (χ4v) is 2.89. The molecule has 17 heavy (non-hydrogen) atoms. The lowest BCUT2D eigenvalue weighted by atomic mass is 10.2. The van der Waals surface area contributed by atoms with Gasteiger partial charge in [-0.3, -0.25) is 0 Å². The van der Waals surface area contributed by atoms with Crippen LogP contribution >= 0.6 is 38.9 Å². The highest BCUT2D eigenvalue weighted by atomic mass is 79.9. The number of halogens is 3. The molecule has 90 valence electrons. The van der Waals surface area contributed by atoms with Gasteiger partial charge >= 0.3 is 0 Å². The molecule has 2 rings (SSSR count). The normalized spacial score (nSPS) is 10.5. The number of hydrogen-bond acceptors (Lipinski definition) is 2. The second-order valence-corrected chi connectivity index (χ2v) is 6.21. The summed E-state index contributed by atoms with van der Waals surface area (Å²) in [5.41, 5.74) is 0.746. The van der Waals surface area contributed by atoms with Gasteiger partial charge in [-0.2, -0.15) is 0 Å². The largest absolute Gasteiger partial charge is 0.485 e. The van der Waals surface area contributed by atoms with Crippen molar-refractivity contribution in [2.45, 2.75) is 12.5 Å². The maximum absolute atomic E-state index is 13.6. The van der Waals surface area contributed by atoms with Crippen LogP contribution in [0.4, 0.5) is 4.39 Å². The van der Waals surface area contributed by atoms with E-state index in [9.17, 15) is 4.39 Å².